The summed E-state index contributed by atoms with van der Waals surface area (Å²) in [6.07, 6.45) is 6.83. The number of aliphatic carboxylic acids is 1. The Balaban J connectivity index is 3.44. The highest BCUT2D eigenvalue weighted by atomic mass is 16.4. The van der Waals surface area contributed by atoms with Crippen LogP contribution in [0.1, 0.15) is 51.9 Å². The van der Waals surface area contributed by atoms with Crippen LogP contribution >= 0.6 is 0 Å². The van der Waals surface area contributed by atoms with E-state index in [2.05, 4.69) is 17.2 Å². The van der Waals surface area contributed by atoms with Crippen molar-refractivity contribution in [3.63, 3.8) is 0 Å². The van der Waals surface area contributed by atoms with Gasteiger partial charge in [-0.3, -0.25) is 9.79 Å². The van der Waals surface area contributed by atoms with Gasteiger partial charge >= 0.3 is 5.97 Å². The topological polar surface area (TPSA) is 114 Å². The van der Waals surface area contributed by atoms with Crippen LogP contribution in [0.25, 0.3) is 0 Å². The SMILES string of the molecule is CCCCCCN=C(N)NCCCC[C@H](N)C(=O)O. The van der Waals surface area contributed by atoms with Crippen LogP contribution in [0.5, 0.6) is 0 Å². The fourth-order valence-corrected chi connectivity index (χ4v) is 1.62. The van der Waals surface area contributed by atoms with Crippen molar-refractivity contribution in [2.45, 2.75) is 57.9 Å². The van der Waals surface area contributed by atoms with E-state index in [1.54, 1.807) is 0 Å². The first kappa shape index (κ1) is 17.7. The molecule has 0 radical (unpaired) electrons. The molecule has 0 aromatic heterocycles. The second kappa shape index (κ2) is 11.8. The number of unbranched alkanes of at least 4 members (excludes halogenated alkanes) is 4. The van der Waals surface area contributed by atoms with Crippen LogP contribution in [-0.2, 0) is 4.79 Å². The summed E-state index contributed by atoms with van der Waals surface area (Å²) < 4.78 is 0. The van der Waals surface area contributed by atoms with Crippen molar-refractivity contribution < 1.29 is 9.90 Å². The van der Waals surface area contributed by atoms with E-state index < -0.39 is 12.0 Å². The highest BCUT2D eigenvalue weighted by molar-refractivity contribution is 5.77. The molecular weight excluding hydrogens is 244 g/mol. The van der Waals surface area contributed by atoms with Gasteiger partial charge in [-0.05, 0) is 25.7 Å². The molecule has 0 fully saturated rings. The fourth-order valence-electron chi connectivity index (χ4n) is 1.62. The molecule has 1 atom stereocenters. The van der Waals surface area contributed by atoms with Gasteiger partial charge in [0.1, 0.15) is 6.04 Å². The highest BCUT2D eigenvalue weighted by Gasteiger charge is 2.09. The molecule has 0 aliphatic carbocycles. The fraction of sp³-hybridized carbons (Fsp3) is 0.846. The Labute approximate surface area is 115 Å². The lowest BCUT2D eigenvalue weighted by Gasteiger charge is -2.07. The normalized spacial score (nSPS) is 13.3. The molecule has 0 aromatic rings. The molecule has 0 saturated carbocycles. The molecule has 0 spiro atoms. The van der Waals surface area contributed by atoms with Crippen LogP contribution in [0.15, 0.2) is 4.99 Å². The number of hydrogen-bond acceptors (Lipinski definition) is 3. The molecule has 0 aliphatic heterocycles. The van der Waals surface area contributed by atoms with Crippen molar-refractivity contribution in [1.29, 1.82) is 0 Å². The third kappa shape index (κ3) is 11.5. The maximum Gasteiger partial charge on any atom is 0.320 e. The molecule has 0 saturated heterocycles. The minimum atomic E-state index is -0.943. The standard InChI is InChI=1S/C13H28N4O2/c1-2-3-4-6-9-16-13(15)17-10-7-5-8-11(14)12(18)19/h11H,2-10,14H2,1H3,(H,18,19)(H3,15,16,17)/t11-/m0/s1. The monoisotopic (exact) mass is 272 g/mol. The van der Waals surface area contributed by atoms with E-state index in [1.807, 2.05) is 0 Å². The molecule has 0 aromatic carbocycles. The molecule has 6 heteroatoms. The minimum absolute atomic E-state index is 0.471. The predicted octanol–water partition coefficient (Wildman–Crippen LogP) is 1.05. The summed E-state index contributed by atoms with van der Waals surface area (Å²) in [5.41, 5.74) is 11.1. The number of carboxylic acid groups (broad SMARTS) is 1. The maximum atomic E-state index is 10.5. The molecule has 0 heterocycles. The average Bonchev–Trinajstić information content (AvgIpc) is 2.37. The second-order valence-corrected chi connectivity index (χ2v) is 4.69. The van der Waals surface area contributed by atoms with Gasteiger partial charge in [-0.2, -0.15) is 0 Å². The Morgan fingerprint density at radius 3 is 2.63 bits per heavy atom. The van der Waals surface area contributed by atoms with Crippen molar-refractivity contribution in [2.75, 3.05) is 13.1 Å². The van der Waals surface area contributed by atoms with Gasteiger partial charge in [0.15, 0.2) is 5.96 Å². The quantitative estimate of drug-likeness (QED) is 0.255. The van der Waals surface area contributed by atoms with E-state index in [1.165, 1.54) is 19.3 Å². The van der Waals surface area contributed by atoms with Crippen LogP contribution in [-0.4, -0.2) is 36.2 Å². The zero-order chi connectivity index (χ0) is 14.5. The zero-order valence-electron chi connectivity index (χ0n) is 11.9. The number of nitrogens with one attached hydrogen (secondary N) is 1. The molecule has 6 N–H and O–H groups in total. The Morgan fingerprint density at radius 1 is 1.26 bits per heavy atom. The lowest BCUT2D eigenvalue weighted by Crippen LogP contribution is -2.33. The summed E-state index contributed by atoms with van der Waals surface area (Å²) in [4.78, 5) is 14.7. The Hall–Kier alpha value is -1.30. The summed E-state index contributed by atoms with van der Waals surface area (Å²) in [6.45, 7) is 3.65. The van der Waals surface area contributed by atoms with Crippen LogP contribution in [0.3, 0.4) is 0 Å². The van der Waals surface area contributed by atoms with Crippen LogP contribution in [0.2, 0.25) is 0 Å². The van der Waals surface area contributed by atoms with E-state index in [4.69, 9.17) is 16.6 Å². The van der Waals surface area contributed by atoms with E-state index >= 15 is 0 Å². The van der Waals surface area contributed by atoms with Gasteiger partial charge in [0.05, 0.1) is 0 Å². The van der Waals surface area contributed by atoms with Crippen molar-refractivity contribution >= 4 is 11.9 Å². The summed E-state index contributed by atoms with van der Waals surface area (Å²) in [6, 6.07) is -0.760. The van der Waals surface area contributed by atoms with Gasteiger partial charge < -0.3 is 21.9 Å². The number of rotatable bonds is 11. The second-order valence-electron chi connectivity index (χ2n) is 4.69. The molecule has 0 bridgehead atoms. The summed E-state index contributed by atoms with van der Waals surface area (Å²) in [5.74, 6) is -0.472. The van der Waals surface area contributed by atoms with Gasteiger partial charge in [-0.15, -0.1) is 0 Å². The predicted molar refractivity (Wildman–Crippen MR) is 78.1 cm³/mol. The first-order chi connectivity index (χ1) is 9.07. The third-order valence-corrected chi connectivity index (χ3v) is 2.86. The average molecular weight is 272 g/mol. The molecule has 0 aliphatic rings. The molecule has 0 amide bonds. The van der Waals surface area contributed by atoms with Gasteiger partial charge in [0.2, 0.25) is 0 Å². The molecule has 0 unspecified atom stereocenters. The Morgan fingerprint density at radius 2 is 2.00 bits per heavy atom. The summed E-state index contributed by atoms with van der Waals surface area (Å²) in [5, 5.41) is 11.6. The molecule has 19 heavy (non-hydrogen) atoms. The molecular formula is C13H28N4O2. The van der Waals surface area contributed by atoms with Crippen molar-refractivity contribution in [2.24, 2.45) is 16.5 Å². The minimum Gasteiger partial charge on any atom is -0.480 e. The number of guanidine groups is 1. The molecule has 112 valence electrons. The largest absolute Gasteiger partial charge is 0.480 e. The number of nitrogens with zero attached hydrogens (tertiary/aromatic N) is 1. The third-order valence-electron chi connectivity index (χ3n) is 2.86. The van der Waals surface area contributed by atoms with Gasteiger partial charge in [-0.25, -0.2) is 0 Å². The maximum absolute atomic E-state index is 10.5. The van der Waals surface area contributed by atoms with Crippen molar-refractivity contribution in [1.82, 2.24) is 5.32 Å². The van der Waals surface area contributed by atoms with E-state index in [0.717, 1.165) is 25.8 Å². The smallest absolute Gasteiger partial charge is 0.320 e. The number of hydrogen-bond donors (Lipinski definition) is 4. The van der Waals surface area contributed by atoms with Gasteiger partial charge in [0, 0.05) is 13.1 Å². The number of carbonyl (C=O) groups is 1. The van der Waals surface area contributed by atoms with Crippen molar-refractivity contribution in [3.05, 3.63) is 0 Å². The van der Waals surface area contributed by atoms with E-state index in [9.17, 15) is 4.79 Å². The lowest BCUT2D eigenvalue weighted by molar-refractivity contribution is -0.138. The van der Waals surface area contributed by atoms with Gasteiger partial charge in [-0.1, -0.05) is 26.2 Å². The highest BCUT2D eigenvalue weighted by Crippen LogP contribution is 1.99. The number of carboxylic acids is 1. The van der Waals surface area contributed by atoms with Gasteiger partial charge in [0.25, 0.3) is 0 Å². The van der Waals surface area contributed by atoms with Crippen molar-refractivity contribution in [3.8, 4) is 0 Å². The molecule has 0 rings (SSSR count). The summed E-state index contributed by atoms with van der Waals surface area (Å²) in [7, 11) is 0. The van der Waals surface area contributed by atoms with Crippen LogP contribution < -0.4 is 16.8 Å². The van der Waals surface area contributed by atoms with E-state index in [-0.39, 0.29) is 0 Å². The Kier molecular flexibility index (Phi) is 11.0. The van der Waals surface area contributed by atoms with Crippen LogP contribution in [0, 0.1) is 0 Å². The van der Waals surface area contributed by atoms with E-state index in [0.29, 0.717) is 18.9 Å². The Bertz CT molecular complexity index is 269. The first-order valence-electron chi connectivity index (χ1n) is 7.10. The number of aliphatic imine (C=N–C) groups is 1. The zero-order valence-corrected chi connectivity index (χ0v) is 11.9. The molecule has 6 nitrogen and oxygen atoms in total. The summed E-state index contributed by atoms with van der Waals surface area (Å²) >= 11 is 0. The number of nitrogens with two attached hydrogens (primary N) is 2. The van der Waals surface area contributed by atoms with Crippen LogP contribution in [0.4, 0.5) is 0 Å². The first-order valence-corrected chi connectivity index (χ1v) is 7.10. The lowest BCUT2D eigenvalue weighted by atomic mass is 10.1.